The van der Waals surface area contributed by atoms with Crippen LogP contribution in [0.4, 0.5) is 0 Å². The van der Waals surface area contributed by atoms with E-state index < -0.39 is 10.3 Å². The van der Waals surface area contributed by atoms with Crippen molar-refractivity contribution in [1.29, 1.82) is 0 Å². The van der Waals surface area contributed by atoms with Crippen LogP contribution in [0, 0.1) is 0 Å². The van der Waals surface area contributed by atoms with Gasteiger partial charge in [0.1, 0.15) is 0 Å². The van der Waals surface area contributed by atoms with Crippen LogP contribution >= 0.6 is 0 Å². The van der Waals surface area contributed by atoms with Crippen molar-refractivity contribution in [2.75, 3.05) is 0 Å². The van der Waals surface area contributed by atoms with Gasteiger partial charge in [-0.1, -0.05) is 0 Å². The zero-order chi connectivity index (χ0) is 5.21. The third-order valence-corrected chi connectivity index (χ3v) is 0.402. The van der Waals surface area contributed by atoms with Crippen molar-refractivity contribution in [3.63, 3.8) is 0 Å². The molecular formula is H4N2O3S. The number of hydrogen-bond acceptors (Lipinski definition) is 4. The first-order chi connectivity index (χ1) is 2.56. The summed E-state index contributed by atoms with van der Waals surface area (Å²) in [5, 5.41) is 4.16. The molecule has 0 fully saturated rings. The van der Waals surface area contributed by atoms with Crippen LogP contribution in [0.1, 0.15) is 0 Å². The Morgan fingerprint density at radius 2 is 1.67 bits per heavy atom. The maximum Gasteiger partial charge on any atom is 0.349 e. The topological polar surface area (TPSA) is 95.4 Å². The van der Waals surface area contributed by atoms with Gasteiger partial charge in [-0.05, 0) is 0 Å². The fourth-order valence-electron chi connectivity index (χ4n) is 0. The quantitative estimate of drug-likeness (QED) is 0.386. The molecule has 0 spiro atoms. The summed E-state index contributed by atoms with van der Waals surface area (Å²) in [4.78, 5) is 0. The number of rotatable bonds is 1. The second kappa shape index (κ2) is 1.52. The van der Waals surface area contributed by atoms with E-state index in [-0.39, 0.29) is 0 Å². The average molecular weight is 112 g/mol. The van der Waals surface area contributed by atoms with Crippen molar-refractivity contribution in [2.45, 2.75) is 0 Å². The molecule has 0 aromatic carbocycles. The first kappa shape index (κ1) is 5.83. The standard InChI is InChI=1S/H4N2O3S/c1-5-6(2,3)4/h1H2,(H2,2,3,4). The van der Waals surface area contributed by atoms with E-state index in [1.54, 1.807) is 0 Å². The molecule has 5 nitrogen and oxygen atoms in total. The molecule has 0 radical (unpaired) electrons. The summed E-state index contributed by atoms with van der Waals surface area (Å²) >= 11 is 0. The SMILES string of the molecule is NOS(N)(=O)=O. The molecule has 0 unspecified atom stereocenters. The van der Waals surface area contributed by atoms with Crippen molar-refractivity contribution in [2.24, 2.45) is 11.0 Å². The van der Waals surface area contributed by atoms with Gasteiger partial charge in [-0.2, -0.15) is 18.6 Å². The Balaban J connectivity index is 3.85. The van der Waals surface area contributed by atoms with E-state index in [4.69, 9.17) is 0 Å². The average Bonchev–Trinajstić information content (AvgIpc) is 1.35. The smallest absolute Gasteiger partial charge is 0.204 e. The lowest BCUT2D eigenvalue weighted by atomic mass is 13.6. The third-order valence-electron chi connectivity index (χ3n) is 0.134. The summed E-state index contributed by atoms with van der Waals surface area (Å²) in [5.41, 5.74) is 0. The molecule has 6 heavy (non-hydrogen) atoms. The summed E-state index contributed by atoms with van der Waals surface area (Å²) in [5.74, 6) is 4.09. The monoisotopic (exact) mass is 112 g/mol. The van der Waals surface area contributed by atoms with Gasteiger partial charge in [-0.25, -0.2) is 5.14 Å². The number of hydrogen-bond donors (Lipinski definition) is 2. The van der Waals surface area contributed by atoms with E-state index in [9.17, 15) is 8.42 Å². The van der Waals surface area contributed by atoms with Gasteiger partial charge in [0.25, 0.3) is 0 Å². The minimum atomic E-state index is -3.88. The van der Waals surface area contributed by atoms with Crippen LogP contribution in [-0.4, -0.2) is 8.42 Å². The predicted octanol–water partition coefficient (Wildman–Crippen LogP) is -1.92. The van der Waals surface area contributed by atoms with Gasteiger partial charge >= 0.3 is 10.3 Å². The Bertz CT molecular complexity index is 111. The molecule has 38 valence electrons. The Labute approximate surface area is 35.1 Å². The molecule has 4 N–H and O–H groups in total. The fraction of sp³-hybridized carbons (Fsp3) is 0. The summed E-state index contributed by atoms with van der Waals surface area (Å²) in [7, 11) is -3.88. The van der Waals surface area contributed by atoms with Gasteiger partial charge in [0, 0.05) is 0 Å². The molecule has 0 aliphatic carbocycles. The summed E-state index contributed by atoms with van der Waals surface area (Å²) in [6.07, 6.45) is 0. The number of nitrogens with two attached hydrogens (primary N) is 2. The molecule has 0 rings (SSSR count). The molecule has 0 saturated carbocycles. The van der Waals surface area contributed by atoms with Crippen molar-refractivity contribution in [1.82, 2.24) is 0 Å². The lowest BCUT2D eigenvalue weighted by Crippen LogP contribution is -2.19. The lowest BCUT2D eigenvalue weighted by molar-refractivity contribution is 0.333. The molecule has 0 saturated heterocycles. The van der Waals surface area contributed by atoms with E-state index in [1.807, 2.05) is 0 Å². The molecule has 6 heteroatoms. The Hall–Kier alpha value is -0.170. The van der Waals surface area contributed by atoms with E-state index in [0.717, 1.165) is 0 Å². The van der Waals surface area contributed by atoms with Crippen molar-refractivity contribution in [3.05, 3.63) is 0 Å². The van der Waals surface area contributed by atoms with Crippen molar-refractivity contribution < 1.29 is 12.7 Å². The third kappa shape index (κ3) is 3.83. The highest BCUT2D eigenvalue weighted by Gasteiger charge is 1.92. The second-order valence-electron chi connectivity index (χ2n) is 0.589. The molecule has 0 aliphatic rings. The molecule has 0 amide bonds. The highest BCUT2D eigenvalue weighted by Crippen LogP contribution is 1.64. The van der Waals surface area contributed by atoms with Crippen LogP contribution in [-0.2, 0) is 14.6 Å². The zero-order valence-electron chi connectivity index (χ0n) is 2.79. The maximum atomic E-state index is 9.43. The van der Waals surface area contributed by atoms with Crippen LogP contribution in [0.2, 0.25) is 0 Å². The normalized spacial score (nSPS) is 11.7. The lowest BCUT2D eigenvalue weighted by Gasteiger charge is -1.83. The van der Waals surface area contributed by atoms with Crippen LogP contribution in [0.15, 0.2) is 0 Å². The predicted molar refractivity (Wildman–Crippen MR) is 18.4 cm³/mol. The zero-order valence-corrected chi connectivity index (χ0v) is 3.60. The molecule has 0 aromatic heterocycles. The minimum absolute atomic E-state index is 3.19. The van der Waals surface area contributed by atoms with Gasteiger partial charge in [0.05, 0.1) is 0 Å². The summed E-state index contributed by atoms with van der Waals surface area (Å²) in [6.45, 7) is 0. The molecule has 0 aromatic rings. The van der Waals surface area contributed by atoms with Gasteiger partial charge in [-0.3, -0.25) is 0 Å². The van der Waals surface area contributed by atoms with Gasteiger partial charge in [0.2, 0.25) is 0 Å². The molecule has 0 aliphatic heterocycles. The molecular weight excluding hydrogens is 108 g/mol. The van der Waals surface area contributed by atoms with Gasteiger partial charge in [-0.15, -0.1) is 0 Å². The van der Waals surface area contributed by atoms with E-state index in [0.29, 0.717) is 0 Å². The summed E-state index contributed by atoms with van der Waals surface area (Å²) < 4.78 is 22.0. The van der Waals surface area contributed by atoms with Gasteiger partial charge in [0.15, 0.2) is 0 Å². The van der Waals surface area contributed by atoms with Crippen LogP contribution in [0.25, 0.3) is 0 Å². The van der Waals surface area contributed by atoms with E-state index >= 15 is 0 Å². The first-order valence-electron chi connectivity index (χ1n) is 0.971. The summed E-state index contributed by atoms with van der Waals surface area (Å²) in [6, 6.07) is 0. The highest BCUT2D eigenvalue weighted by molar-refractivity contribution is 7.84. The maximum absolute atomic E-state index is 9.43. The minimum Gasteiger partial charge on any atom is -0.204 e. The van der Waals surface area contributed by atoms with Crippen LogP contribution < -0.4 is 11.0 Å². The van der Waals surface area contributed by atoms with Crippen molar-refractivity contribution >= 4 is 10.3 Å². The molecule has 0 bridgehead atoms. The fourth-order valence-corrected chi connectivity index (χ4v) is 0. The van der Waals surface area contributed by atoms with Crippen LogP contribution in [0.5, 0.6) is 0 Å². The molecule has 0 heterocycles. The highest BCUT2D eigenvalue weighted by atomic mass is 32.2. The Kier molecular flexibility index (Phi) is 1.48. The van der Waals surface area contributed by atoms with Gasteiger partial charge < -0.3 is 0 Å². The Morgan fingerprint density at radius 1 is 1.50 bits per heavy atom. The van der Waals surface area contributed by atoms with Crippen molar-refractivity contribution in [3.8, 4) is 0 Å². The largest absolute Gasteiger partial charge is 0.349 e. The second-order valence-corrected chi connectivity index (χ2v) is 1.77. The van der Waals surface area contributed by atoms with Crippen LogP contribution in [0.3, 0.4) is 0 Å². The van der Waals surface area contributed by atoms with E-state index in [2.05, 4.69) is 15.3 Å². The molecule has 0 atom stereocenters. The van der Waals surface area contributed by atoms with E-state index in [1.165, 1.54) is 0 Å². The first-order valence-corrected chi connectivity index (χ1v) is 2.44. The Morgan fingerprint density at radius 3 is 1.67 bits per heavy atom.